The van der Waals surface area contributed by atoms with Crippen molar-refractivity contribution in [3.05, 3.63) is 0 Å². The summed E-state index contributed by atoms with van der Waals surface area (Å²) in [6.45, 7) is 4.25. The Kier molecular flexibility index (Phi) is 5.54. The number of rotatable bonds is 5. The molecule has 78 valence electrons. The Morgan fingerprint density at radius 3 is 3.08 bits per heavy atom. The van der Waals surface area contributed by atoms with E-state index in [1.165, 1.54) is 6.42 Å². The maximum atomic E-state index is 9.81. The van der Waals surface area contributed by atoms with Gasteiger partial charge in [-0.15, -0.1) is 0 Å². The molecule has 0 saturated carbocycles. The number of halogens is 1. The van der Waals surface area contributed by atoms with Gasteiger partial charge < -0.3 is 9.84 Å². The van der Waals surface area contributed by atoms with Gasteiger partial charge in [-0.3, -0.25) is 4.90 Å². The summed E-state index contributed by atoms with van der Waals surface area (Å²) in [6.07, 6.45) is 2.01. The Morgan fingerprint density at radius 2 is 2.46 bits per heavy atom. The average molecular weight is 299 g/mol. The molecule has 1 fully saturated rings. The third kappa shape index (κ3) is 3.34. The van der Waals surface area contributed by atoms with Crippen molar-refractivity contribution in [3.63, 3.8) is 0 Å². The Balaban J connectivity index is 2.31. The minimum Gasteiger partial charge on any atom is -0.389 e. The monoisotopic (exact) mass is 299 g/mol. The van der Waals surface area contributed by atoms with E-state index in [2.05, 4.69) is 27.5 Å². The Labute approximate surface area is 93.6 Å². The summed E-state index contributed by atoms with van der Waals surface area (Å²) in [5.41, 5.74) is 0. The van der Waals surface area contributed by atoms with E-state index in [1.807, 2.05) is 6.92 Å². The zero-order chi connectivity index (χ0) is 9.68. The summed E-state index contributed by atoms with van der Waals surface area (Å²) in [5.74, 6) is 0. The maximum Gasteiger partial charge on any atom is 0.0928 e. The highest BCUT2D eigenvalue weighted by Gasteiger charge is 2.29. The SMILES string of the molecule is CCOCC(O)C1CCCN1CI. The molecule has 0 amide bonds. The van der Waals surface area contributed by atoms with Crippen LogP contribution < -0.4 is 0 Å². The number of likely N-dealkylation sites (tertiary alicyclic amines) is 1. The summed E-state index contributed by atoms with van der Waals surface area (Å²) >= 11 is 2.35. The number of aliphatic hydroxyl groups excluding tert-OH is 1. The first kappa shape index (κ1) is 11.7. The number of hydrogen-bond donors (Lipinski definition) is 1. The highest BCUT2D eigenvalue weighted by atomic mass is 127. The van der Waals surface area contributed by atoms with Crippen molar-refractivity contribution < 1.29 is 9.84 Å². The molecule has 0 bridgehead atoms. The second kappa shape index (κ2) is 6.16. The van der Waals surface area contributed by atoms with Crippen LogP contribution in [0, 0.1) is 0 Å². The van der Waals surface area contributed by atoms with Gasteiger partial charge in [0.2, 0.25) is 0 Å². The van der Waals surface area contributed by atoms with Gasteiger partial charge in [-0.05, 0) is 26.3 Å². The van der Waals surface area contributed by atoms with Crippen LogP contribution in [0.3, 0.4) is 0 Å². The molecule has 0 aliphatic carbocycles. The summed E-state index contributed by atoms with van der Waals surface area (Å²) < 4.78 is 6.23. The maximum absolute atomic E-state index is 9.81. The molecule has 4 heteroatoms. The second-order valence-electron chi connectivity index (χ2n) is 3.37. The average Bonchev–Trinajstić information content (AvgIpc) is 2.61. The van der Waals surface area contributed by atoms with E-state index in [0.717, 1.165) is 17.5 Å². The summed E-state index contributed by atoms with van der Waals surface area (Å²) in [7, 11) is 0. The summed E-state index contributed by atoms with van der Waals surface area (Å²) in [4.78, 5) is 2.32. The topological polar surface area (TPSA) is 32.7 Å². The van der Waals surface area contributed by atoms with E-state index in [1.54, 1.807) is 0 Å². The number of nitrogens with zero attached hydrogens (tertiary/aromatic N) is 1. The molecule has 0 aromatic rings. The van der Waals surface area contributed by atoms with Crippen molar-refractivity contribution >= 4 is 22.6 Å². The van der Waals surface area contributed by atoms with Gasteiger partial charge in [0.05, 0.1) is 17.3 Å². The molecule has 1 rings (SSSR count). The molecule has 13 heavy (non-hydrogen) atoms. The highest BCUT2D eigenvalue weighted by molar-refractivity contribution is 14.1. The molecule has 1 aliphatic rings. The molecule has 1 N–H and O–H groups in total. The van der Waals surface area contributed by atoms with Crippen LogP contribution in [-0.2, 0) is 4.74 Å². The van der Waals surface area contributed by atoms with E-state index in [-0.39, 0.29) is 6.10 Å². The minimum atomic E-state index is -0.308. The first-order valence-electron chi connectivity index (χ1n) is 4.85. The molecule has 3 nitrogen and oxygen atoms in total. The normalized spacial score (nSPS) is 26.5. The van der Waals surface area contributed by atoms with Gasteiger partial charge in [0.1, 0.15) is 0 Å². The Hall–Kier alpha value is 0.610. The number of ether oxygens (including phenoxy) is 1. The van der Waals surface area contributed by atoms with Crippen molar-refractivity contribution in [1.29, 1.82) is 0 Å². The quantitative estimate of drug-likeness (QED) is 0.471. The lowest BCUT2D eigenvalue weighted by Gasteiger charge is -2.26. The van der Waals surface area contributed by atoms with E-state index in [4.69, 9.17) is 4.74 Å². The Bertz CT molecular complexity index is 146. The number of hydrogen-bond acceptors (Lipinski definition) is 3. The zero-order valence-corrected chi connectivity index (χ0v) is 10.2. The molecule has 2 atom stereocenters. The van der Waals surface area contributed by atoms with E-state index in [0.29, 0.717) is 19.3 Å². The molecule has 1 saturated heterocycles. The molecule has 0 aromatic heterocycles. The first-order valence-corrected chi connectivity index (χ1v) is 6.38. The summed E-state index contributed by atoms with van der Waals surface area (Å²) in [5, 5.41) is 9.81. The highest BCUT2D eigenvalue weighted by Crippen LogP contribution is 2.21. The van der Waals surface area contributed by atoms with Gasteiger partial charge in [0.15, 0.2) is 0 Å². The van der Waals surface area contributed by atoms with Gasteiger partial charge in [-0.25, -0.2) is 0 Å². The summed E-state index contributed by atoms with van der Waals surface area (Å²) in [6, 6.07) is 0.323. The van der Waals surface area contributed by atoms with Crippen LogP contribution in [0.1, 0.15) is 19.8 Å². The fraction of sp³-hybridized carbons (Fsp3) is 1.00. The van der Waals surface area contributed by atoms with E-state index >= 15 is 0 Å². The van der Waals surface area contributed by atoms with Crippen LogP contribution in [0.5, 0.6) is 0 Å². The van der Waals surface area contributed by atoms with Crippen LogP contribution in [0.2, 0.25) is 0 Å². The minimum absolute atomic E-state index is 0.308. The molecule has 0 aromatic carbocycles. The van der Waals surface area contributed by atoms with Crippen LogP contribution in [0.4, 0.5) is 0 Å². The van der Waals surface area contributed by atoms with Gasteiger partial charge in [0.25, 0.3) is 0 Å². The van der Waals surface area contributed by atoms with Crippen LogP contribution in [0.15, 0.2) is 0 Å². The predicted octanol–water partition coefficient (Wildman–Crippen LogP) is 1.24. The molecule has 1 heterocycles. The van der Waals surface area contributed by atoms with Gasteiger partial charge in [-0.1, -0.05) is 22.6 Å². The van der Waals surface area contributed by atoms with Gasteiger partial charge >= 0.3 is 0 Å². The first-order chi connectivity index (χ1) is 6.29. The molecular formula is C9H18INO2. The molecule has 1 aliphatic heterocycles. The van der Waals surface area contributed by atoms with Crippen LogP contribution in [-0.4, -0.2) is 46.5 Å². The van der Waals surface area contributed by atoms with Crippen molar-refractivity contribution in [3.8, 4) is 0 Å². The third-order valence-corrected chi connectivity index (χ3v) is 3.38. The molecule has 2 unspecified atom stereocenters. The smallest absolute Gasteiger partial charge is 0.0928 e. The lowest BCUT2D eigenvalue weighted by atomic mass is 10.1. The fourth-order valence-corrected chi connectivity index (χ4v) is 2.63. The van der Waals surface area contributed by atoms with Gasteiger partial charge in [0, 0.05) is 12.6 Å². The van der Waals surface area contributed by atoms with Crippen LogP contribution in [0.25, 0.3) is 0 Å². The molecule has 0 radical (unpaired) electrons. The van der Waals surface area contributed by atoms with Gasteiger partial charge in [-0.2, -0.15) is 0 Å². The standard InChI is InChI=1S/C9H18INO2/c1-2-13-6-9(12)8-4-3-5-11(8)7-10/h8-9,12H,2-7H2,1H3. The fourth-order valence-electron chi connectivity index (χ4n) is 1.79. The van der Waals surface area contributed by atoms with E-state index in [9.17, 15) is 5.11 Å². The number of aliphatic hydroxyl groups is 1. The largest absolute Gasteiger partial charge is 0.389 e. The molecular weight excluding hydrogens is 281 g/mol. The van der Waals surface area contributed by atoms with Crippen molar-refractivity contribution in [1.82, 2.24) is 4.90 Å². The number of alkyl halides is 1. The second-order valence-corrected chi connectivity index (χ2v) is 4.05. The lowest BCUT2D eigenvalue weighted by Crippen LogP contribution is -2.40. The predicted molar refractivity (Wildman–Crippen MR) is 61.1 cm³/mol. The van der Waals surface area contributed by atoms with Crippen molar-refractivity contribution in [2.24, 2.45) is 0 Å². The van der Waals surface area contributed by atoms with E-state index < -0.39 is 0 Å². The van der Waals surface area contributed by atoms with Crippen molar-refractivity contribution in [2.45, 2.75) is 31.9 Å². The van der Waals surface area contributed by atoms with Crippen LogP contribution >= 0.6 is 22.6 Å². The Morgan fingerprint density at radius 1 is 1.69 bits per heavy atom. The van der Waals surface area contributed by atoms with Crippen molar-refractivity contribution in [2.75, 3.05) is 24.3 Å². The third-order valence-electron chi connectivity index (χ3n) is 2.50. The zero-order valence-electron chi connectivity index (χ0n) is 8.08. The molecule has 0 spiro atoms. The lowest BCUT2D eigenvalue weighted by molar-refractivity contribution is 0.00181.